The Bertz CT molecular complexity index is 2060. The second kappa shape index (κ2) is 27.1. The third-order valence-corrected chi connectivity index (χ3v) is 42.1. The van der Waals surface area contributed by atoms with Crippen molar-refractivity contribution in [1.29, 1.82) is 0 Å². The van der Waals surface area contributed by atoms with Gasteiger partial charge in [0.1, 0.15) is 47.9 Å². The molecule has 7 aliphatic rings. The smallest absolute Gasteiger partial charge is 0.493 e. The summed E-state index contributed by atoms with van der Waals surface area (Å²) >= 11 is 0. The van der Waals surface area contributed by atoms with Crippen LogP contribution in [0.25, 0.3) is 0 Å². The molecule has 0 aromatic heterocycles. The van der Waals surface area contributed by atoms with E-state index in [1.54, 1.807) is 12.3 Å². The molecule has 3 unspecified atom stereocenters. The van der Waals surface area contributed by atoms with E-state index in [-0.39, 0.29) is 60.6 Å². The molecule has 16 nitrogen and oxygen atoms in total. The molecular weight excluding hydrogens is 1130 g/mol. The van der Waals surface area contributed by atoms with Crippen LogP contribution in [0.5, 0.6) is 0 Å². The molecule has 24 heteroatoms. The van der Waals surface area contributed by atoms with Crippen molar-refractivity contribution in [3.05, 3.63) is 35.8 Å². The minimum Gasteiger partial charge on any atom is -0.493 e. The number of fused-ring (bicyclic) bond motifs is 3. The summed E-state index contributed by atoms with van der Waals surface area (Å²) in [4.78, 5) is 0. The van der Waals surface area contributed by atoms with Crippen molar-refractivity contribution in [2.24, 2.45) is 0 Å². The van der Waals surface area contributed by atoms with E-state index in [0.29, 0.717) is 75.3 Å². The summed E-state index contributed by atoms with van der Waals surface area (Å²) in [5, 5.41) is 19.3. The maximum Gasteiger partial charge on any atom is 0.531 e. The number of hydrogen-bond acceptors (Lipinski definition) is 16. The van der Waals surface area contributed by atoms with Gasteiger partial charge in [0, 0.05) is 0 Å². The number of ether oxygens (including phenoxy) is 3. The van der Waals surface area contributed by atoms with Crippen LogP contribution in [-0.4, -0.2) is 161 Å². The molecule has 468 valence electrons. The first-order valence-corrected chi connectivity index (χ1v) is 45.7. The lowest BCUT2D eigenvalue weighted by Crippen LogP contribution is -2.62. The molecule has 0 spiro atoms. The fourth-order valence-corrected chi connectivity index (χ4v) is 35.6. The maximum absolute atomic E-state index is 9.66. The minimum atomic E-state index is -2.25. The Morgan fingerprint density at radius 3 is 1.14 bits per heavy atom. The van der Waals surface area contributed by atoms with Gasteiger partial charge in [0.25, 0.3) is 0 Å². The predicted molar refractivity (Wildman–Crippen MR) is 339 cm³/mol. The summed E-state index contributed by atoms with van der Waals surface area (Å²) in [5.74, 6) is 0. The Morgan fingerprint density at radius 1 is 0.481 bits per heavy atom. The Balaban J connectivity index is 0.000000226. The Morgan fingerprint density at radius 2 is 0.790 bits per heavy atom. The van der Waals surface area contributed by atoms with E-state index in [4.69, 9.17) is 63.4 Å². The summed E-state index contributed by atoms with van der Waals surface area (Å²) in [7, 11) is -15.1. The van der Waals surface area contributed by atoms with Gasteiger partial charge in [-0.05, 0) is 135 Å². The molecule has 81 heavy (non-hydrogen) atoms. The standard InChI is InChI=1S/C23H45BO6Si2.C17H35BO6Si2.C17H34O4Si2/c1-15(2)32(16(3)4,17(5)6)27-18-13-20(24-29-22(7,8)23(9,10)30-24)26-19-14-25-31(11,12)28-21(18)19;1-11(2)26(12(3)4,13(5)6)23-14-9-16(18(19)20)22-15-10-21-25(7,8)24-17(14)15;1-12(2)23(13(3)4,14(5)6)20-15-9-10-18-16-11-19-22(7,8)21-17(15)16/h13,15-19,21H,14H2,1-12H3;9,11-15,17,19-20H,10H2,1-8H3;9-10,12-17H,11H2,1-8H3/t18-,19-,21?;14-,15-,17?;15-,16-,17?/m111/s1. The molecule has 7 aliphatic heterocycles. The molecule has 9 atom stereocenters. The van der Waals surface area contributed by atoms with Gasteiger partial charge in [-0.25, -0.2) is 0 Å². The summed E-state index contributed by atoms with van der Waals surface area (Å²) in [6.07, 6.45) is 5.83. The highest BCUT2D eigenvalue weighted by atomic mass is 28.4. The van der Waals surface area contributed by atoms with Crippen LogP contribution in [0.2, 0.25) is 89.2 Å². The fraction of sp³-hybridized carbons (Fsp3) is 0.895. The quantitative estimate of drug-likeness (QED) is 0.132. The molecule has 0 amide bonds. The van der Waals surface area contributed by atoms with Crippen molar-refractivity contribution in [3.63, 3.8) is 0 Å². The Labute approximate surface area is 498 Å². The highest BCUT2D eigenvalue weighted by molar-refractivity contribution is 6.79. The lowest BCUT2D eigenvalue weighted by molar-refractivity contribution is -0.113. The molecule has 0 radical (unpaired) electrons. The average molecular weight is 1250 g/mol. The molecule has 4 saturated heterocycles. The highest BCUT2D eigenvalue weighted by Crippen LogP contribution is 2.49. The van der Waals surface area contributed by atoms with Crippen LogP contribution in [-0.2, 0) is 63.4 Å². The lowest BCUT2D eigenvalue weighted by atomic mass is 9.83. The SMILES string of the molecule is CC(C)[Si](O[C@@H]1C=C(B(O)O)O[C@@H]2CO[Si](C)(C)OC12)(C(C)C)C(C)C.CC(C)[Si](O[C@@H]1C=C(B2OC(C)(C)C(C)(C)O2)O[C@@H]2CO[Si](C)(C)OC12)(C(C)C)C(C)C.CC(C)[Si](O[C@@H]1C=CO[C@@H]2CO[Si](C)(C)OC12)(C(C)C)C(C)C. The van der Waals surface area contributed by atoms with Gasteiger partial charge in [-0.15, -0.1) is 0 Å². The number of hydrogen-bond donors (Lipinski definition) is 2. The highest BCUT2D eigenvalue weighted by Gasteiger charge is 2.59. The summed E-state index contributed by atoms with van der Waals surface area (Å²) in [5.41, 5.74) is 4.30. The van der Waals surface area contributed by atoms with E-state index in [9.17, 15) is 10.0 Å². The molecule has 0 aliphatic carbocycles. The van der Waals surface area contributed by atoms with Crippen molar-refractivity contribution in [1.82, 2.24) is 0 Å². The Hall–Kier alpha value is -0.469. The van der Waals surface area contributed by atoms with E-state index in [0.717, 1.165) is 0 Å². The molecule has 0 aromatic rings. The summed E-state index contributed by atoms with van der Waals surface area (Å²) in [6, 6.07) is 0. The van der Waals surface area contributed by atoms with Crippen molar-refractivity contribution in [2.45, 2.75) is 308 Å². The zero-order valence-corrected chi connectivity index (χ0v) is 61.6. The first-order valence-electron chi connectivity index (χ1n) is 30.8. The van der Waals surface area contributed by atoms with E-state index < -0.39 is 76.1 Å². The second-order valence-corrected chi connectivity index (χ2v) is 55.2. The molecule has 7 heterocycles. The van der Waals surface area contributed by atoms with Gasteiger partial charge in [0.2, 0.25) is 25.0 Å². The molecule has 2 N–H and O–H groups in total. The molecule has 0 saturated carbocycles. The molecule has 0 aromatic carbocycles. The van der Waals surface area contributed by atoms with Gasteiger partial charge >= 0.3 is 39.9 Å². The van der Waals surface area contributed by atoms with Crippen molar-refractivity contribution < 1.29 is 73.4 Å². The van der Waals surface area contributed by atoms with Crippen molar-refractivity contribution in [3.8, 4) is 0 Å². The molecule has 7 rings (SSSR count). The second-order valence-electron chi connectivity index (χ2n) is 29.0. The lowest BCUT2D eigenvalue weighted by Gasteiger charge is -2.50. The van der Waals surface area contributed by atoms with Crippen LogP contribution in [0.4, 0.5) is 0 Å². The molecule has 0 bridgehead atoms. The normalized spacial score (nSPS) is 30.5. The van der Waals surface area contributed by atoms with E-state index in [1.165, 1.54) is 0 Å². The van der Waals surface area contributed by atoms with Crippen LogP contribution in [0.3, 0.4) is 0 Å². The topological polar surface area (TPSA) is 170 Å². The largest absolute Gasteiger partial charge is 0.531 e. The third-order valence-electron chi connectivity index (χ3n) is 18.8. The fourth-order valence-electron chi connectivity index (χ4n) is 14.4. The third kappa shape index (κ3) is 15.7. The number of rotatable bonds is 17. The summed E-state index contributed by atoms with van der Waals surface area (Å²) in [6.45, 7) is 63.3. The van der Waals surface area contributed by atoms with E-state index in [2.05, 4.69) is 185 Å². The average Bonchev–Trinajstić information content (AvgIpc) is 3.55. The summed E-state index contributed by atoms with van der Waals surface area (Å²) < 4.78 is 88.5. The van der Waals surface area contributed by atoms with Gasteiger partial charge in [-0.1, -0.05) is 125 Å². The van der Waals surface area contributed by atoms with E-state index in [1.807, 2.05) is 19.2 Å². The van der Waals surface area contributed by atoms with Crippen LogP contribution >= 0.6 is 0 Å². The monoisotopic (exact) mass is 1240 g/mol. The zero-order valence-electron chi connectivity index (χ0n) is 55.6. The predicted octanol–water partition coefficient (Wildman–Crippen LogP) is 13.1. The van der Waals surface area contributed by atoms with Gasteiger partial charge in [-0.2, -0.15) is 0 Å². The van der Waals surface area contributed by atoms with Gasteiger partial charge in [0.15, 0.2) is 0 Å². The van der Waals surface area contributed by atoms with Crippen LogP contribution in [0.1, 0.15) is 152 Å². The van der Waals surface area contributed by atoms with Gasteiger partial charge in [-0.3, -0.25) is 0 Å². The molecular formula is C57H114B2O16Si6. The van der Waals surface area contributed by atoms with Crippen molar-refractivity contribution >= 4 is 64.9 Å². The zero-order chi connectivity index (χ0) is 61.6. The van der Waals surface area contributed by atoms with Gasteiger partial charge in [0.05, 0.1) is 55.6 Å². The van der Waals surface area contributed by atoms with Crippen LogP contribution < -0.4 is 0 Å². The maximum atomic E-state index is 9.66. The van der Waals surface area contributed by atoms with E-state index >= 15 is 0 Å². The first-order chi connectivity index (χ1) is 37.0. The van der Waals surface area contributed by atoms with Crippen LogP contribution in [0.15, 0.2) is 35.8 Å². The van der Waals surface area contributed by atoms with Crippen molar-refractivity contribution in [2.75, 3.05) is 19.8 Å². The Kier molecular flexibility index (Phi) is 23.9. The minimum absolute atomic E-state index is 0.0247. The van der Waals surface area contributed by atoms with Gasteiger partial charge < -0.3 is 73.4 Å². The first kappa shape index (κ1) is 71.3. The molecule has 4 fully saturated rings. The van der Waals surface area contributed by atoms with Crippen LogP contribution in [0, 0.1) is 0 Å².